The van der Waals surface area contributed by atoms with E-state index in [0.717, 1.165) is 12.3 Å². The number of hydrogen-bond donors (Lipinski definition) is 2. The molecule has 2 rings (SSSR count). The molecule has 0 aromatic carbocycles. The average Bonchev–Trinajstić information content (AvgIpc) is 2.71. The van der Waals surface area contributed by atoms with Crippen LogP contribution in [0.1, 0.15) is 15.9 Å². The van der Waals surface area contributed by atoms with E-state index in [9.17, 15) is 9.18 Å². The lowest BCUT2D eigenvalue weighted by molar-refractivity contribution is 0.102. The van der Waals surface area contributed by atoms with Gasteiger partial charge in [0.15, 0.2) is 0 Å². The van der Waals surface area contributed by atoms with Gasteiger partial charge in [-0.15, -0.1) is 0 Å². The number of amides is 1. The number of thiocarbonyl (C=S) groups is 1. The predicted molar refractivity (Wildman–Crippen MR) is 71.2 cm³/mol. The van der Waals surface area contributed by atoms with Crippen molar-refractivity contribution in [2.45, 2.75) is 0 Å². The second-order valence-electron chi connectivity index (χ2n) is 3.74. The second-order valence-corrected chi connectivity index (χ2v) is 4.18. The van der Waals surface area contributed by atoms with Crippen molar-refractivity contribution in [1.82, 2.24) is 14.8 Å². The number of carbonyl (C=O) groups excluding carboxylic acids is 1. The second kappa shape index (κ2) is 5.11. The molecule has 98 valence electrons. The van der Waals surface area contributed by atoms with Gasteiger partial charge in [-0.1, -0.05) is 12.2 Å². The van der Waals surface area contributed by atoms with E-state index < -0.39 is 11.7 Å². The van der Waals surface area contributed by atoms with E-state index in [1.807, 2.05) is 0 Å². The Morgan fingerprint density at radius 3 is 2.84 bits per heavy atom. The van der Waals surface area contributed by atoms with Gasteiger partial charge >= 0.3 is 0 Å². The number of pyridine rings is 1. The summed E-state index contributed by atoms with van der Waals surface area (Å²) in [6.45, 7) is 0. The summed E-state index contributed by atoms with van der Waals surface area (Å²) in [4.78, 5) is 15.7. The standard InChI is InChI=1S/C11H10FN5OS/c1-17-10(8(5-15-17)9(13)19)16-11(18)6-2-7(12)4-14-3-6/h2-5H,1H3,(H2,13,19)(H,16,18). The molecular weight excluding hydrogens is 269 g/mol. The molecule has 0 fully saturated rings. The van der Waals surface area contributed by atoms with Gasteiger partial charge in [-0.2, -0.15) is 5.10 Å². The summed E-state index contributed by atoms with van der Waals surface area (Å²) in [6, 6.07) is 1.08. The molecule has 0 bridgehead atoms. The first kappa shape index (κ1) is 13.1. The minimum Gasteiger partial charge on any atom is -0.389 e. The molecule has 0 aliphatic rings. The van der Waals surface area contributed by atoms with Crippen molar-refractivity contribution in [2.24, 2.45) is 12.8 Å². The summed E-state index contributed by atoms with van der Waals surface area (Å²) in [5.41, 5.74) is 6.05. The molecule has 8 heteroatoms. The quantitative estimate of drug-likeness (QED) is 0.813. The van der Waals surface area contributed by atoms with Gasteiger partial charge in [-0.05, 0) is 6.07 Å². The summed E-state index contributed by atoms with van der Waals surface area (Å²) in [6.07, 6.45) is 3.72. The van der Waals surface area contributed by atoms with Gasteiger partial charge in [-0.3, -0.25) is 14.5 Å². The molecular formula is C11H10FN5OS. The summed E-state index contributed by atoms with van der Waals surface area (Å²) in [5.74, 6) is -0.762. The summed E-state index contributed by atoms with van der Waals surface area (Å²) in [7, 11) is 1.63. The third kappa shape index (κ3) is 2.74. The van der Waals surface area contributed by atoms with Crippen LogP contribution in [0.15, 0.2) is 24.7 Å². The number of anilines is 1. The van der Waals surface area contributed by atoms with Gasteiger partial charge in [0.25, 0.3) is 5.91 Å². The van der Waals surface area contributed by atoms with Gasteiger partial charge in [-0.25, -0.2) is 4.39 Å². The van der Waals surface area contributed by atoms with Crippen LogP contribution in [0.2, 0.25) is 0 Å². The van der Waals surface area contributed by atoms with Crippen LogP contribution >= 0.6 is 12.2 Å². The van der Waals surface area contributed by atoms with E-state index in [-0.39, 0.29) is 10.6 Å². The lowest BCUT2D eigenvalue weighted by Crippen LogP contribution is -2.19. The van der Waals surface area contributed by atoms with Gasteiger partial charge in [0.2, 0.25) is 0 Å². The molecule has 0 saturated carbocycles. The molecule has 0 saturated heterocycles. The number of halogens is 1. The Kier molecular flexibility index (Phi) is 3.52. The number of aryl methyl sites for hydroxylation is 1. The van der Waals surface area contributed by atoms with Crippen molar-refractivity contribution in [1.29, 1.82) is 0 Å². The van der Waals surface area contributed by atoms with Crippen molar-refractivity contribution >= 4 is 28.9 Å². The summed E-state index contributed by atoms with van der Waals surface area (Å²) in [5, 5.41) is 6.52. The molecule has 0 aliphatic carbocycles. The third-order valence-corrected chi connectivity index (χ3v) is 2.62. The van der Waals surface area contributed by atoms with Crippen molar-refractivity contribution < 1.29 is 9.18 Å². The number of nitrogens with two attached hydrogens (primary N) is 1. The first-order valence-electron chi connectivity index (χ1n) is 5.22. The molecule has 0 atom stereocenters. The minimum absolute atomic E-state index is 0.0927. The number of nitrogens with zero attached hydrogens (tertiary/aromatic N) is 3. The molecule has 0 radical (unpaired) electrons. The van der Waals surface area contributed by atoms with Crippen LogP contribution in [-0.4, -0.2) is 25.7 Å². The highest BCUT2D eigenvalue weighted by molar-refractivity contribution is 7.80. The zero-order valence-electron chi connectivity index (χ0n) is 9.92. The zero-order valence-corrected chi connectivity index (χ0v) is 10.7. The first-order chi connectivity index (χ1) is 8.99. The zero-order chi connectivity index (χ0) is 14.0. The maximum atomic E-state index is 13.0. The normalized spacial score (nSPS) is 10.2. The fourth-order valence-electron chi connectivity index (χ4n) is 1.48. The first-order valence-corrected chi connectivity index (χ1v) is 5.63. The van der Waals surface area contributed by atoms with Gasteiger partial charge < -0.3 is 11.1 Å². The fourth-order valence-corrected chi connectivity index (χ4v) is 1.63. The van der Waals surface area contributed by atoms with Crippen LogP contribution in [0.5, 0.6) is 0 Å². The van der Waals surface area contributed by atoms with E-state index >= 15 is 0 Å². The molecule has 3 N–H and O–H groups in total. The van der Waals surface area contributed by atoms with E-state index in [2.05, 4.69) is 15.4 Å². The molecule has 0 spiro atoms. The number of carbonyl (C=O) groups is 1. The molecule has 2 heterocycles. The Morgan fingerprint density at radius 2 is 2.21 bits per heavy atom. The summed E-state index contributed by atoms with van der Waals surface area (Å²) < 4.78 is 14.4. The van der Waals surface area contributed by atoms with Crippen molar-refractivity contribution in [3.63, 3.8) is 0 Å². The van der Waals surface area contributed by atoms with Gasteiger partial charge in [0.1, 0.15) is 16.6 Å². The SMILES string of the molecule is Cn1ncc(C(N)=S)c1NC(=O)c1cncc(F)c1. The van der Waals surface area contributed by atoms with E-state index in [4.69, 9.17) is 18.0 Å². The predicted octanol–water partition coefficient (Wildman–Crippen LogP) is 0.841. The van der Waals surface area contributed by atoms with E-state index in [1.54, 1.807) is 7.05 Å². The lowest BCUT2D eigenvalue weighted by atomic mass is 10.2. The molecule has 1 amide bonds. The Morgan fingerprint density at radius 1 is 1.47 bits per heavy atom. The average molecular weight is 279 g/mol. The van der Waals surface area contributed by atoms with Crippen LogP contribution in [0.3, 0.4) is 0 Å². The number of aromatic nitrogens is 3. The summed E-state index contributed by atoms with van der Waals surface area (Å²) >= 11 is 4.85. The van der Waals surface area contributed by atoms with Crippen molar-refractivity contribution in [2.75, 3.05) is 5.32 Å². The molecule has 2 aromatic rings. The van der Waals surface area contributed by atoms with Crippen LogP contribution in [-0.2, 0) is 7.05 Å². The van der Waals surface area contributed by atoms with E-state index in [1.165, 1.54) is 17.1 Å². The van der Waals surface area contributed by atoms with Crippen molar-refractivity contribution in [3.05, 3.63) is 41.6 Å². The van der Waals surface area contributed by atoms with Gasteiger partial charge in [0, 0.05) is 13.2 Å². The van der Waals surface area contributed by atoms with E-state index in [0.29, 0.717) is 11.4 Å². The highest BCUT2D eigenvalue weighted by Gasteiger charge is 2.15. The maximum absolute atomic E-state index is 13.0. The fraction of sp³-hybridized carbons (Fsp3) is 0.0909. The topological polar surface area (TPSA) is 85.8 Å². The van der Waals surface area contributed by atoms with Crippen LogP contribution in [0.25, 0.3) is 0 Å². The smallest absolute Gasteiger partial charge is 0.258 e. The number of nitrogens with one attached hydrogen (secondary N) is 1. The Balaban J connectivity index is 2.29. The lowest BCUT2D eigenvalue weighted by Gasteiger charge is -2.07. The third-order valence-electron chi connectivity index (χ3n) is 2.40. The molecule has 0 unspecified atom stereocenters. The monoisotopic (exact) mass is 279 g/mol. The van der Waals surface area contributed by atoms with Crippen LogP contribution in [0, 0.1) is 5.82 Å². The minimum atomic E-state index is -0.591. The highest BCUT2D eigenvalue weighted by atomic mass is 32.1. The van der Waals surface area contributed by atoms with Crippen LogP contribution in [0.4, 0.5) is 10.2 Å². The Bertz CT molecular complexity index is 654. The molecule has 2 aromatic heterocycles. The number of rotatable bonds is 3. The highest BCUT2D eigenvalue weighted by Crippen LogP contribution is 2.15. The van der Waals surface area contributed by atoms with Gasteiger partial charge in [0.05, 0.1) is 23.5 Å². The molecule has 19 heavy (non-hydrogen) atoms. The van der Waals surface area contributed by atoms with Crippen LogP contribution < -0.4 is 11.1 Å². The Labute approximate surface area is 113 Å². The molecule has 0 aliphatic heterocycles. The Hall–Kier alpha value is -2.35. The maximum Gasteiger partial charge on any atom is 0.258 e. The van der Waals surface area contributed by atoms with Crippen molar-refractivity contribution in [3.8, 4) is 0 Å². The number of hydrogen-bond acceptors (Lipinski definition) is 4. The molecule has 6 nitrogen and oxygen atoms in total. The largest absolute Gasteiger partial charge is 0.389 e.